The van der Waals surface area contributed by atoms with Crippen LogP contribution in [0.5, 0.6) is 5.19 Å². The van der Waals surface area contributed by atoms with Gasteiger partial charge < -0.3 is 4.74 Å². The lowest BCUT2D eigenvalue weighted by molar-refractivity contribution is 0.303. The molecule has 0 saturated heterocycles. The van der Waals surface area contributed by atoms with Crippen molar-refractivity contribution in [3.05, 3.63) is 32.2 Å². The van der Waals surface area contributed by atoms with E-state index in [1.54, 1.807) is 17.1 Å². The maximum atomic E-state index is 12.0. The molecule has 0 amide bonds. The number of ether oxygens (including phenoxy) is 1. The summed E-state index contributed by atoms with van der Waals surface area (Å²) in [7, 11) is 3.23. The van der Waals surface area contributed by atoms with Gasteiger partial charge >= 0.3 is 5.69 Å². The van der Waals surface area contributed by atoms with E-state index >= 15 is 0 Å². The van der Waals surface area contributed by atoms with Crippen LogP contribution in [0.4, 0.5) is 0 Å². The van der Waals surface area contributed by atoms with Gasteiger partial charge in [-0.2, -0.15) is 9.78 Å². The summed E-state index contributed by atoms with van der Waals surface area (Å²) in [6.45, 7) is 0.125. The fourth-order valence-electron chi connectivity index (χ4n) is 1.66. The SMILES string of the molecule is [3H]c1csc(OCc2c(-n3nnn(C)c3=O)nn(C)c2Br)n1. The molecule has 110 valence electrons. The molecule has 3 aromatic heterocycles. The number of aryl methyl sites for hydroxylation is 2. The van der Waals surface area contributed by atoms with Gasteiger partial charge in [0.2, 0.25) is 0 Å². The average molecular weight is 374 g/mol. The van der Waals surface area contributed by atoms with Crippen LogP contribution >= 0.6 is 27.3 Å². The minimum absolute atomic E-state index is 0.125. The van der Waals surface area contributed by atoms with E-state index in [0.29, 0.717) is 21.2 Å². The Morgan fingerprint density at radius 3 is 2.86 bits per heavy atom. The van der Waals surface area contributed by atoms with Crippen molar-refractivity contribution < 1.29 is 6.11 Å². The van der Waals surface area contributed by atoms with E-state index in [-0.39, 0.29) is 12.8 Å². The molecular formula is C10H10BrN7O2S. The van der Waals surface area contributed by atoms with Gasteiger partial charge in [-0.15, -0.1) is 4.68 Å². The van der Waals surface area contributed by atoms with Crippen LogP contribution in [0.2, 0.25) is 0 Å². The molecule has 21 heavy (non-hydrogen) atoms. The smallest absolute Gasteiger partial charge is 0.369 e. The number of thiazole rings is 1. The second-order valence-electron chi connectivity index (χ2n) is 4.04. The number of rotatable bonds is 4. The van der Waals surface area contributed by atoms with Crippen molar-refractivity contribution in [1.29, 1.82) is 0 Å². The van der Waals surface area contributed by atoms with E-state index in [1.807, 2.05) is 0 Å². The van der Waals surface area contributed by atoms with Crippen molar-refractivity contribution >= 4 is 27.3 Å². The first-order valence-electron chi connectivity index (χ1n) is 6.23. The molecule has 0 aromatic carbocycles. The van der Waals surface area contributed by atoms with Crippen molar-refractivity contribution in [1.82, 2.24) is 34.6 Å². The van der Waals surface area contributed by atoms with Crippen LogP contribution < -0.4 is 10.4 Å². The lowest BCUT2D eigenvalue weighted by Crippen LogP contribution is -2.23. The molecule has 0 aliphatic heterocycles. The Labute approximate surface area is 132 Å². The Hall–Kier alpha value is -2.01. The molecule has 0 aliphatic rings. The van der Waals surface area contributed by atoms with E-state index in [2.05, 4.69) is 36.4 Å². The molecule has 3 heterocycles. The Morgan fingerprint density at radius 1 is 1.43 bits per heavy atom. The largest absolute Gasteiger partial charge is 0.465 e. The summed E-state index contributed by atoms with van der Waals surface area (Å²) in [6.07, 6.45) is 0.149. The van der Waals surface area contributed by atoms with Crippen molar-refractivity contribution in [3.63, 3.8) is 0 Å². The van der Waals surface area contributed by atoms with Crippen molar-refractivity contribution in [3.8, 4) is 11.0 Å². The minimum Gasteiger partial charge on any atom is -0.465 e. The van der Waals surface area contributed by atoms with Gasteiger partial charge in [-0.05, 0) is 26.4 Å². The molecule has 0 saturated carbocycles. The summed E-state index contributed by atoms with van der Waals surface area (Å²) >= 11 is 4.63. The molecule has 0 unspecified atom stereocenters. The first-order chi connectivity index (χ1) is 10.5. The van der Waals surface area contributed by atoms with Gasteiger partial charge in [0.05, 0.1) is 6.93 Å². The van der Waals surface area contributed by atoms with Crippen molar-refractivity contribution in [2.24, 2.45) is 14.1 Å². The first kappa shape index (κ1) is 12.7. The fraction of sp³-hybridized carbons (Fsp3) is 0.300. The number of tetrazole rings is 1. The highest BCUT2D eigenvalue weighted by atomic mass is 79.9. The summed E-state index contributed by atoms with van der Waals surface area (Å²) in [5, 5.41) is 13.7. The van der Waals surface area contributed by atoms with Gasteiger partial charge in [-0.1, -0.05) is 11.3 Å². The molecule has 0 bridgehead atoms. The summed E-state index contributed by atoms with van der Waals surface area (Å²) in [4.78, 5) is 15.9. The molecule has 0 atom stereocenters. The molecule has 0 radical (unpaired) electrons. The van der Waals surface area contributed by atoms with Gasteiger partial charge in [0, 0.05) is 25.6 Å². The lowest BCUT2D eigenvalue weighted by Gasteiger charge is -2.03. The predicted molar refractivity (Wildman–Crippen MR) is 77.5 cm³/mol. The van der Waals surface area contributed by atoms with Gasteiger partial charge in [0.25, 0.3) is 5.19 Å². The fourth-order valence-corrected chi connectivity index (χ4v) is 2.47. The first-order valence-corrected chi connectivity index (χ1v) is 7.40. The zero-order valence-corrected chi connectivity index (χ0v) is 13.4. The number of halogens is 1. The summed E-state index contributed by atoms with van der Waals surface area (Å²) in [5.74, 6) is 0.329. The van der Waals surface area contributed by atoms with Crippen LogP contribution in [0.25, 0.3) is 5.82 Å². The van der Waals surface area contributed by atoms with Crippen LogP contribution in [-0.2, 0) is 20.7 Å². The van der Waals surface area contributed by atoms with Crippen molar-refractivity contribution in [2.75, 3.05) is 0 Å². The average Bonchev–Trinajstić information content (AvgIpc) is 3.11. The molecule has 0 spiro atoms. The Balaban J connectivity index is 1.96. The van der Waals surface area contributed by atoms with E-state index < -0.39 is 5.69 Å². The highest BCUT2D eigenvalue weighted by Crippen LogP contribution is 2.24. The number of hydrogen-bond acceptors (Lipinski definition) is 7. The van der Waals surface area contributed by atoms with Gasteiger partial charge in [0.15, 0.2) is 5.82 Å². The summed E-state index contributed by atoms with van der Waals surface area (Å²) < 4.78 is 17.4. The van der Waals surface area contributed by atoms with Crippen LogP contribution in [0.3, 0.4) is 0 Å². The summed E-state index contributed by atoms with van der Waals surface area (Å²) in [5.41, 5.74) is 0.223. The molecule has 3 rings (SSSR count). The zero-order valence-electron chi connectivity index (χ0n) is 12.0. The quantitative estimate of drug-likeness (QED) is 0.660. The third-order valence-corrected chi connectivity index (χ3v) is 4.30. The Kier molecular flexibility index (Phi) is 3.27. The van der Waals surface area contributed by atoms with Crippen LogP contribution in [-0.4, -0.2) is 34.6 Å². The molecule has 3 aromatic rings. The molecule has 0 aliphatic carbocycles. The van der Waals surface area contributed by atoms with Gasteiger partial charge in [-0.25, -0.2) is 9.78 Å². The van der Waals surface area contributed by atoms with Crippen LogP contribution in [0, 0.1) is 0 Å². The maximum absolute atomic E-state index is 12.0. The Bertz CT molecular complexity index is 882. The van der Waals surface area contributed by atoms with Gasteiger partial charge in [0.1, 0.15) is 11.2 Å². The molecule has 0 N–H and O–H groups in total. The third-order valence-electron chi connectivity index (χ3n) is 2.68. The predicted octanol–water partition coefficient (Wildman–Crippen LogP) is 0.497. The monoisotopic (exact) mass is 373 g/mol. The molecule has 0 fully saturated rings. The third kappa shape index (κ3) is 2.49. The summed E-state index contributed by atoms with van der Waals surface area (Å²) in [6, 6.07) is 0. The second kappa shape index (κ2) is 5.41. The number of aromatic nitrogens is 7. The topological polar surface area (TPSA) is 92.6 Å². The minimum atomic E-state index is -0.408. The maximum Gasteiger partial charge on any atom is 0.369 e. The van der Waals surface area contributed by atoms with Crippen LogP contribution in [0.1, 0.15) is 6.93 Å². The van der Waals surface area contributed by atoms with Gasteiger partial charge in [-0.3, -0.25) is 4.68 Å². The molecule has 11 heteroatoms. The number of hydrogen-bond donors (Lipinski definition) is 0. The zero-order chi connectivity index (χ0) is 15.9. The van der Waals surface area contributed by atoms with Crippen LogP contribution in [0.15, 0.2) is 21.0 Å². The Morgan fingerprint density at radius 2 is 2.24 bits per heavy atom. The standard InChI is InChI=1S/C10H10BrN7O2S/c1-16-7(11)6(5-20-9-12-3-4-21-9)8(13-16)18-10(19)17(2)14-15-18/h3-4H,5H2,1-2H3/i3T. The van der Waals surface area contributed by atoms with E-state index in [9.17, 15) is 4.79 Å². The highest BCUT2D eigenvalue weighted by molar-refractivity contribution is 9.10. The normalized spacial score (nSPS) is 11.7. The second-order valence-corrected chi connectivity index (χ2v) is 5.62. The van der Waals surface area contributed by atoms with E-state index in [4.69, 9.17) is 6.11 Å². The lowest BCUT2D eigenvalue weighted by atomic mass is 10.3. The molecular weight excluding hydrogens is 362 g/mol. The number of nitrogens with zero attached hydrogens (tertiary/aromatic N) is 7. The van der Waals surface area contributed by atoms with Crippen molar-refractivity contribution in [2.45, 2.75) is 6.61 Å². The molecule has 9 nitrogen and oxygen atoms in total. The highest BCUT2D eigenvalue weighted by Gasteiger charge is 2.20. The van der Waals surface area contributed by atoms with E-state index in [1.165, 1.54) is 18.4 Å². The van der Waals surface area contributed by atoms with E-state index in [0.717, 1.165) is 9.36 Å².